The highest BCUT2D eigenvalue weighted by atomic mass is 16.5. The van der Waals surface area contributed by atoms with Crippen LogP contribution in [0.25, 0.3) is 0 Å². The highest BCUT2D eigenvalue weighted by molar-refractivity contribution is 5.99. The van der Waals surface area contributed by atoms with Gasteiger partial charge >= 0.3 is 5.97 Å². The first-order valence-electron chi connectivity index (χ1n) is 8.73. The molecule has 0 amide bonds. The van der Waals surface area contributed by atoms with Gasteiger partial charge in [-0.05, 0) is 60.0 Å². The van der Waals surface area contributed by atoms with Gasteiger partial charge in [0.1, 0.15) is 17.5 Å². The minimum absolute atomic E-state index is 0.124. The minimum Gasteiger partial charge on any atom is -0.481 e. The standard InChI is InChI=1S/C20H28O5/c1-13(9-15-10-14(2)11-18(22)24-15)7-6-8-20(5,23)17-12-16(21)19(3,4)25-17/h9,11-12,15,23H,6-8,10H2,1-5H3/b13-9+/t15-,20+/m1/s1. The number of ether oxygens (including phenoxy) is 2. The Labute approximate surface area is 149 Å². The van der Waals surface area contributed by atoms with Crippen molar-refractivity contribution in [3.05, 3.63) is 35.1 Å². The fourth-order valence-electron chi connectivity index (χ4n) is 3.04. The van der Waals surface area contributed by atoms with Crippen molar-refractivity contribution in [3.63, 3.8) is 0 Å². The number of carbonyl (C=O) groups is 2. The fraction of sp³-hybridized carbons (Fsp3) is 0.600. The van der Waals surface area contributed by atoms with Crippen LogP contribution in [0.5, 0.6) is 0 Å². The molecule has 1 N–H and O–H groups in total. The maximum atomic E-state index is 11.8. The molecule has 0 saturated carbocycles. The first kappa shape index (κ1) is 19.4. The Balaban J connectivity index is 1.86. The van der Waals surface area contributed by atoms with E-state index in [9.17, 15) is 14.7 Å². The number of esters is 1. The van der Waals surface area contributed by atoms with Crippen molar-refractivity contribution in [3.8, 4) is 0 Å². The molecule has 0 aromatic rings. The maximum absolute atomic E-state index is 11.8. The number of carbonyl (C=O) groups excluding carboxylic acids is 2. The molecule has 2 rings (SSSR count). The van der Waals surface area contributed by atoms with E-state index in [1.54, 1.807) is 20.8 Å². The molecular weight excluding hydrogens is 320 g/mol. The number of hydrogen-bond donors (Lipinski definition) is 1. The zero-order valence-electron chi connectivity index (χ0n) is 15.7. The van der Waals surface area contributed by atoms with Gasteiger partial charge in [0.05, 0.1) is 0 Å². The molecule has 2 aliphatic rings. The SMILES string of the molecule is CC1=CC(=O)O[C@H](/C=C(\C)CCC[C@](C)(O)C2=CC(=O)C(C)(C)O2)C1. The van der Waals surface area contributed by atoms with Gasteiger partial charge in [0.2, 0.25) is 5.78 Å². The predicted octanol–water partition coefficient (Wildman–Crippen LogP) is 3.38. The lowest BCUT2D eigenvalue weighted by Crippen LogP contribution is -2.32. The number of aliphatic hydroxyl groups is 1. The highest BCUT2D eigenvalue weighted by Crippen LogP contribution is 2.34. The van der Waals surface area contributed by atoms with E-state index >= 15 is 0 Å². The van der Waals surface area contributed by atoms with Crippen LogP contribution in [0.2, 0.25) is 0 Å². The van der Waals surface area contributed by atoms with Crippen LogP contribution in [0.4, 0.5) is 0 Å². The lowest BCUT2D eigenvalue weighted by atomic mass is 9.94. The third-order valence-electron chi connectivity index (χ3n) is 4.61. The van der Waals surface area contributed by atoms with Crippen molar-refractivity contribution in [2.45, 2.75) is 77.6 Å². The summed E-state index contributed by atoms with van der Waals surface area (Å²) in [6.45, 7) is 8.98. The molecule has 0 aromatic heterocycles. The molecule has 5 heteroatoms. The van der Waals surface area contributed by atoms with Gasteiger partial charge in [0.15, 0.2) is 5.60 Å². The summed E-state index contributed by atoms with van der Waals surface area (Å²) in [5, 5.41) is 10.6. The van der Waals surface area contributed by atoms with Gasteiger partial charge in [0.25, 0.3) is 0 Å². The number of cyclic esters (lactones) is 1. The Morgan fingerprint density at radius 1 is 1.40 bits per heavy atom. The van der Waals surface area contributed by atoms with Gasteiger partial charge in [-0.25, -0.2) is 4.79 Å². The first-order valence-corrected chi connectivity index (χ1v) is 8.73. The molecule has 0 saturated heterocycles. The summed E-state index contributed by atoms with van der Waals surface area (Å²) in [7, 11) is 0. The van der Waals surface area contributed by atoms with Gasteiger partial charge in [-0.15, -0.1) is 0 Å². The van der Waals surface area contributed by atoms with Crippen molar-refractivity contribution in [1.82, 2.24) is 0 Å². The largest absolute Gasteiger partial charge is 0.481 e. The first-order chi connectivity index (χ1) is 11.5. The van der Waals surface area contributed by atoms with Crippen LogP contribution in [-0.4, -0.2) is 34.2 Å². The molecular formula is C20H28O5. The van der Waals surface area contributed by atoms with E-state index in [-0.39, 0.29) is 17.9 Å². The topological polar surface area (TPSA) is 72.8 Å². The molecule has 5 nitrogen and oxygen atoms in total. The normalized spacial score (nSPS) is 25.7. The summed E-state index contributed by atoms with van der Waals surface area (Å²) in [4.78, 5) is 23.3. The molecule has 0 spiro atoms. The molecule has 2 atom stereocenters. The van der Waals surface area contributed by atoms with Crippen LogP contribution in [0.3, 0.4) is 0 Å². The summed E-state index contributed by atoms with van der Waals surface area (Å²) in [5.41, 5.74) is 0.0676. The van der Waals surface area contributed by atoms with Crippen molar-refractivity contribution in [1.29, 1.82) is 0 Å². The highest BCUT2D eigenvalue weighted by Gasteiger charge is 2.41. The molecule has 0 bridgehead atoms. The van der Waals surface area contributed by atoms with Crippen molar-refractivity contribution >= 4 is 11.8 Å². The average molecular weight is 348 g/mol. The summed E-state index contributed by atoms with van der Waals surface area (Å²) >= 11 is 0. The van der Waals surface area contributed by atoms with Gasteiger partial charge in [-0.2, -0.15) is 0 Å². The van der Waals surface area contributed by atoms with E-state index in [0.717, 1.165) is 30.4 Å². The zero-order valence-corrected chi connectivity index (χ0v) is 15.7. The smallest absolute Gasteiger partial charge is 0.331 e. The third kappa shape index (κ3) is 5.05. The second-order valence-electron chi connectivity index (χ2n) is 7.80. The van der Waals surface area contributed by atoms with Crippen molar-refractivity contribution < 1.29 is 24.2 Å². The van der Waals surface area contributed by atoms with E-state index in [0.29, 0.717) is 12.2 Å². The Hall–Kier alpha value is -1.88. The lowest BCUT2D eigenvalue weighted by Gasteiger charge is -2.28. The molecule has 0 radical (unpaired) electrons. The van der Waals surface area contributed by atoms with Crippen LogP contribution in [0.15, 0.2) is 35.1 Å². The summed E-state index contributed by atoms with van der Waals surface area (Å²) in [6.07, 6.45) is 7.40. The average Bonchev–Trinajstić information content (AvgIpc) is 2.72. The van der Waals surface area contributed by atoms with E-state index in [2.05, 4.69) is 0 Å². The summed E-state index contributed by atoms with van der Waals surface area (Å²) < 4.78 is 10.9. The van der Waals surface area contributed by atoms with E-state index in [4.69, 9.17) is 9.47 Å². The third-order valence-corrected chi connectivity index (χ3v) is 4.61. The van der Waals surface area contributed by atoms with Gasteiger partial charge in [0, 0.05) is 18.6 Å². The summed E-state index contributed by atoms with van der Waals surface area (Å²) in [5.74, 6) is -0.0779. The Bertz CT molecular complexity index is 649. The monoisotopic (exact) mass is 348 g/mol. The second kappa shape index (κ2) is 7.16. The molecule has 0 aliphatic carbocycles. The number of allylic oxidation sites excluding steroid dienone is 1. The zero-order chi connectivity index (χ0) is 18.8. The van der Waals surface area contributed by atoms with Crippen LogP contribution >= 0.6 is 0 Å². The molecule has 138 valence electrons. The van der Waals surface area contributed by atoms with Gasteiger partial charge in [-0.1, -0.05) is 11.1 Å². The van der Waals surface area contributed by atoms with Gasteiger partial charge in [-0.3, -0.25) is 4.79 Å². The lowest BCUT2D eigenvalue weighted by molar-refractivity contribution is -0.142. The molecule has 2 heterocycles. The maximum Gasteiger partial charge on any atom is 0.331 e. The van der Waals surface area contributed by atoms with E-state index in [1.165, 1.54) is 12.2 Å². The fourth-order valence-corrected chi connectivity index (χ4v) is 3.04. The Morgan fingerprint density at radius 2 is 2.08 bits per heavy atom. The van der Waals surface area contributed by atoms with E-state index < -0.39 is 11.2 Å². The van der Waals surface area contributed by atoms with Gasteiger partial charge < -0.3 is 14.6 Å². The number of hydrogen-bond acceptors (Lipinski definition) is 5. The number of rotatable bonds is 6. The predicted molar refractivity (Wildman–Crippen MR) is 94.7 cm³/mol. The molecule has 0 aromatic carbocycles. The minimum atomic E-state index is -1.17. The van der Waals surface area contributed by atoms with Crippen LogP contribution in [0.1, 0.15) is 60.3 Å². The summed E-state index contributed by atoms with van der Waals surface area (Å²) in [6, 6.07) is 0. The van der Waals surface area contributed by atoms with Crippen molar-refractivity contribution in [2.24, 2.45) is 0 Å². The quantitative estimate of drug-likeness (QED) is 0.588. The molecule has 25 heavy (non-hydrogen) atoms. The Kier molecular flexibility index (Phi) is 5.57. The van der Waals surface area contributed by atoms with E-state index in [1.807, 2.05) is 19.9 Å². The Morgan fingerprint density at radius 3 is 2.64 bits per heavy atom. The molecule has 0 fully saturated rings. The second-order valence-corrected chi connectivity index (χ2v) is 7.80. The van der Waals surface area contributed by atoms with Crippen molar-refractivity contribution in [2.75, 3.05) is 0 Å². The number of ketones is 1. The molecule has 2 aliphatic heterocycles. The van der Waals surface area contributed by atoms with Crippen LogP contribution in [-0.2, 0) is 19.1 Å². The van der Waals surface area contributed by atoms with Crippen LogP contribution in [0, 0.1) is 0 Å². The molecule has 0 unspecified atom stereocenters. The van der Waals surface area contributed by atoms with Crippen LogP contribution < -0.4 is 0 Å².